The Morgan fingerprint density at radius 3 is 2.56 bits per heavy atom. The minimum absolute atomic E-state index is 0.0359. The van der Waals surface area contributed by atoms with Gasteiger partial charge in [0.05, 0.1) is 12.8 Å². The molecule has 0 saturated carbocycles. The fourth-order valence-electron chi connectivity index (χ4n) is 4.49. The Hall–Kier alpha value is -3.87. The molecular weight excluding hydrogens is 430 g/mol. The van der Waals surface area contributed by atoms with E-state index < -0.39 is 6.04 Å². The van der Waals surface area contributed by atoms with E-state index in [0.29, 0.717) is 24.3 Å². The number of ether oxygens (including phenoxy) is 1. The summed E-state index contributed by atoms with van der Waals surface area (Å²) in [5, 5.41) is 4.63. The standard InChI is InChI=1S/C27H29N3O4/c1-18(26(32)28-2)30(17-19-8-4-11-21(16-19)34-3)24(31)14-7-15-29-23-13-6-10-20-9-5-12-22(25(20)23)27(29)33/h4-6,8-13,16,18H,7,14-15,17H2,1-3H3,(H,28,32). The summed E-state index contributed by atoms with van der Waals surface area (Å²) in [7, 11) is 3.15. The van der Waals surface area contributed by atoms with Crippen molar-refractivity contribution in [3.63, 3.8) is 0 Å². The summed E-state index contributed by atoms with van der Waals surface area (Å²) in [4.78, 5) is 41.9. The lowest BCUT2D eigenvalue weighted by atomic mass is 10.1. The van der Waals surface area contributed by atoms with Crippen molar-refractivity contribution < 1.29 is 19.1 Å². The Morgan fingerprint density at radius 1 is 1.09 bits per heavy atom. The quantitative estimate of drug-likeness (QED) is 0.529. The molecule has 4 rings (SSSR count). The smallest absolute Gasteiger partial charge is 0.258 e. The highest BCUT2D eigenvalue weighted by Gasteiger charge is 2.30. The number of nitrogens with zero attached hydrogens (tertiary/aromatic N) is 2. The van der Waals surface area contributed by atoms with Gasteiger partial charge in [-0.2, -0.15) is 0 Å². The zero-order valence-electron chi connectivity index (χ0n) is 19.7. The van der Waals surface area contributed by atoms with Crippen molar-refractivity contribution in [1.29, 1.82) is 0 Å². The molecule has 7 nitrogen and oxygen atoms in total. The maximum Gasteiger partial charge on any atom is 0.258 e. The van der Waals surface area contributed by atoms with Gasteiger partial charge >= 0.3 is 0 Å². The number of carbonyl (C=O) groups is 3. The molecule has 34 heavy (non-hydrogen) atoms. The molecule has 1 aliphatic heterocycles. The number of hydrogen-bond acceptors (Lipinski definition) is 4. The van der Waals surface area contributed by atoms with E-state index in [0.717, 1.165) is 22.0 Å². The lowest BCUT2D eigenvalue weighted by Gasteiger charge is -2.29. The molecule has 0 saturated heterocycles. The number of likely N-dealkylation sites (N-methyl/N-ethyl adjacent to an activating group) is 1. The second kappa shape index (κ2) is 9.95. The van der Waals surface area contributed by atoms with E-state index in [4.69, 9.17) is 4.74 Å². The van der Waals surface area contributed by atoms with Crippen LogP contribution in [-0.2, 0) is 16.1 Å². The van der Waals surface area contributed by atoms with Crippen molar-refractivity contribution in [2.45, 2.75) is 32.4 Å². The van der Waals surface area contributed by atoms with Crippen LogP contribution in [0.2, 0.25) is 0 Å². The molecular formula is C27H29N3O4. The normalized spacial score (nSPS) is 13.1. The van der Waals surface area contributed by atoms with Crippen LogP contribution < -0.4 is 15.0 Å². The molecule has 1 atom stereocenters. The average Bonchev–Trinajstić information content (AvgIpc) is 3.14. The predicted octanol–water partition coefficient (Wildman–Crippen LogP) is 3.75. The van der Waals surface area contributed by atoms with E-state index in [9.17, 15) is 14.4 Å². The third-order valence-electron chi connectivity index (χ3n) is 6.32. The van der Waals surface area contributed by atoms with Gasteiger partial charge in [0.1, 0.15) is 11.8 Å². The predicted molar refractivity (Wildman–Crippen MR) is 132 cm³/mol. The molecule has 7 heteroatoms. The van der Waals surface area contributed by atoms with Crippen LogP contribution in [0.4, 0.5) is 5.69 Å². The van der Waals surface area contributed by atoms with E-state index in [1.807, 2.05) is 60.7 Å². The Morgan fingerprint density at radius 2 is 1.82 bits per heavy atom. The fourth-order valence-corrected chi connectivity index (χ4v) is 4.49. The maximum atomic E-state index is 13.2. The van der Waals surface area contributed by atoms with Crippen molar-refractivity contribution in [3.05, 3.63) is 71.8 Å². The topological polar surface area (TPSA) is 79.0 Å². The second-order valence-electron chi connectivity index (χ2n) is 8.40. The molecule has 0 bridgehead atoms. The monoisotopic (exact) mass is 459 g/mol. The zero-order chi connectivity index (χ0) is 24.2. The number of rotatable bonds is 9. The number of hydrogen-bond donors (Lipinski definition) is 1. The van der Waals surface area contributed by atoms with E-state index in [-0.39, 0.29) is 30.7 Å². The van der Waals surface area contributed by atoms with Crippen molar-refractivity contribution in [2.24, 2.45) is 0 Å². The third kappa shape index (κ3) is 4.46. The Labute approximate surface area is 199 Å². The molecule has 1 heterocycles. The first kappa shape index (κ1) is 23.3. The zero-order valence-corrected chi connectivity index (χ0v) is 19.7. The minimum atomic E-state index is -0.630. The highest BCUT2D eigenvalue weighted by molar-refractivity contribution is 6.25. The number of carbonyl (C=O) groups excluding carboxylic acids is 3. The number of anilines is 1. The third-order valence-corrected chi connectivity index (χ3v) is 6.32. The molecule has 1 aliphatic rings. The number of amides is 3. The van der Waals surface area contributed by atoms with Crippen LogP contribution in [0.15, 0.2) is 60.7 Å². The molecule has 176 valence electrons. The van der Waals surface area contributed by atoms with E-state index in [1.165, 1.54) is 0 Å². The van der Waals surface area contributed by atoms with Crippen LogP contribution in [0, 0.1) is 0 Å². The second-order valence-corrected chi connectivity index (χ2v) is 8.40. The van der Waals surface area contributed by atoms with E-state index >= 15 is 0 Å². The van der Waals surface area contributed by atoms with Gasteiger partial charge in [-0.15, -0.1) is 0 Å². The number of methoxy groups -OCH3 is 1. The van der Waals surface area contributed by atoms with Gasteiger partial charge in [0, 0.05) is 37.5 Å². The highest BCUT2D eigenvalue weighted by atomic mass is 16.5. The molecule has 0 spiro atoms. The van der Waals surface area contributed by atoms with Crippen molar-refractivity contribution in [3.8, 4) is 5.75 Å². The molecule has 0 fully saturated rings. The molecule has 3 aromatic rings. The van der Waals surface area contributed by atoms with Crippen LogP contribution in [-0.4, -0.2) is 49.4 Å². The summed E-state index contributed by atoms with van der Waals surface area (Å²) >= 11 is 0. The molecule has 0 radical (unpaired) electrons. The van der Waals surface area contributed by atoms with E-state index in [2.05, 4.69) is 5.32 Å². The van der Waals surface area contributed by atoms with E-state index in [1.54, 1.807) is 30.9 Å². The summed E-state index contributed by atoms with van der Waals surface area (Å²) < 4.78 is 5.29. The minimum Gasteiger partial charge on any atom is -0.497 e. The van der Waals surface area contributed by atoms with Crippen LogP contribution in [0.25, 0.3) is 10.8 Å². The first-order valence-electron chi connectivity index (χ1n) is 11.4. The highest BCUT2D eigenvalue weighted by Crippen LogP contribution is 2.37. The van der Waals surface area contributed by atoms with Gasteiger partial charge in [0.15, 0.2) is 0 Å². The summed E-state index contributed by atoms with van der Waals surface area (Å²) in [5.74, 6) is 0.291. The molecule has 0 aromatic heterocycles. The van der Waals surface area contributed by atoms with Gasteiger partial charge in [0.25, 0.3) is 5.91 Å². The Bertz CT molecular complexity index is 1230. The van der Waals surface area contributed by atoms with Gasteiger partial charge in [-0.1, -0.05) is 36.4 Å². The summed E-state index contributed by atoms with van der Waals surface area (Å²) in [6.45, 7) is 2.44. The van der Waals surface area contributed by atoms with Gasteiger partial charge in [0.2, 0.25) is 11.8 Å². The molecule has 1 N–H and O–H groups in total. The van der Waals surface area contributed by atoms with Crippen LogP contribution in [0.5, 0.6) is 5.75 Å². The summed E-state index contributed by atoms with van der Waals surface area (Å²) in [5.41, 5.74) is 2.46. The van der Waals surface area contributed by atoms with Crippen molar-refractivity contribution in [1.82, 2.24) is 10.2 Å². The van der Waals surface area contributed by atoms with Crippen LogP contribution in [0.1, 0.15) is 35.7 Å². The Balaban J connectivity index is 1.46. The summed E-state index contributed by atoms with van der Waals surface area (Å²) in [6, 6.07) is 18.5. The van der Waals surface area contributed by atoms with Crippen LogP contribution >= 0.6 is 0 Å². The van der Waals surface area contributed by atoms with Crippen LogP contribution in [0.3, 0.4) is 0 Å². The number of benzene rings is 3. The first-order chi connectivity index (χ1) is 16.4. The van der Waals surface area contributed by atoms with Gasteiger partial charge in [-0.25, -0.2) is 0 Å². The van der Waals surface area contributed by atoms with Gasteiger partial charge in [-0.3, -0.25) is 14.4 Å². The molecule has 0 aliphatic carbocycles. The number of nitrogens with one attached hydrogen (secondary N) is 1. The largest absolute Gasteiger partial charge is 0.497 e. The lowest BCUT2D eigenvalue weighted by Crippen LogP contribution is -2.46. The maximum absolute atomic E-state index is 13.2. The molecule has 3 aromatic carbocycles. The SMILES string of the molecule is CNC(=O)C(C)N(Cc1cccc(OC)c1)C(=O)CCCN1C(=O)c2cccc3cccc1c23. The first-order valence-corrected chi connectivity index (χ1v) is 11.4. The average molecular weight is 460 g/mol. The van der Waals surface area contributed by atoms with Crippen molar-refractivity contribution >= 4 is 34.2 Å². The molecule has 3 amide bonds. The fraction of sp³-hybridized carbons (Fsp3) is 0.296. The Kier molecular flexibility index (Phi) is 6.82. The van der Waals surface area contributed by atoms with Gasteiger partial charge in [-0.05, 0) is 48.6 Å². The molecule has 1 unspecified atom stereocenters. The lowest BCUT2D eigenvalue weighted by molar-refractivity contribution is -0.140. The van der Waals surface area contributed by atoms with Gasteiger partial charge < -0.3 is 19.9 Å². The van der Waals surface area contributed by atoms with Crippen molar-refractivity contribution in [2.75, 3.05) is 25.6 Å². The summed E-state index contributed by atoms with van der Waals surface area (Å²) in [6.07, 6.45) is 0.714.